The Balaban J connectivity index is 1.33. The lowest BCUT2D eigenvalue weighted by Gasteiger charge is -2.20. The molecule has 124 valence electrons. The second-order valence-corrected chi connectivity index (χ2v) is 7.85. The molecular formula is C20H22N2O2. The average molecular weight is 322 g/mol. The molecule has 0 radical (unpaired) electrons. The first-order valence-corrected chi connectivity index (χ1v) is 8.99. The van der Waals surface area contributed by atoms with E-state index in [1.807, 2.05) is 18.2 Å². The molecule has 24 heavy (non-hydrogen) atoms. The Morgan fingerprint density at radius 3 is 2.79 bits per heavy atom. The summed E-state index contributed by atoms with van der Waals surface area (Å²) in [7, 11) is 0. The van der Waals surface area contributed by atoms with Gasteiger partial charge < -0.3 is 10.2 Å². The van der Waals surface area contributed by atoms with Gasteiger partial charge in [0.15, 0.2) is 0 Å². The molecule has 2 saturated carbocycles. The van der Waals surface area contributed by atoms with Crippen LogP contribution in [0.25, 0.3) is 0 Å². The van der Waals surface area contributed by atoms with Gasteiger partial charge in [0.2, 0.25) is 11.8 Å². The topological polar surface area (TPSA) is 49.4 Å². The minimum Gasteiger partial charge on any atom is -0.326 e. The van der Waals surface area contributed by atoms with E-state index in [-0.39, 0.29) is 17.7 Å². The summed E-state index contributed by atoms with van der Waals surface area (Å²) in [6.45, 7) is 2.34. The first-order valence-electron chi connectivity index (χ1n) is 8.99. The Kier molecular flexibility index (Phi) is 2.80. The number of fused-ring (bicyclic) bond motifs is 1. The molecule has 1 aromatic rings. The smallest absolute Gasteiger partial charge is 0.228 e. The van der Waals surface area contributed by atoms with Gasteiger partial charge in [0.25, 0.3) is 0 Å². The highest BCUT2D eigenvalue weighted by atomic mass is 16.2. The van der Waals surface area contributed by atoms with Crippen LogP contribution < -0.4 is 10.2 Å². The summed E-state index contributed by atoms with van der Waals surface area (Å²) in [6, 6.07) is 5.92. The van der Waals surface area contributed by atoms with Crippen LogP contribution >= 0.6 is 0 Å². The maximum atomic E-state index is 12.8. The molecule has 2 bridgehead atoms. The lowest BCUT2D eigenvalue weighted by Crippen LogP contribution is -2.27. The second-order valence-electron chi connectivity index (χ2n) is 7.85. The molecule has 1 aromatic carbocycles. The number of nitrogens with zero attached hydrogens (tertiary/aromatic N) is 1. The van der Waals surface area contributed by atoms with E-state index < -0.39 is 0 Å². The molecule has 2 fully saturated rings. The number of benzene rings is 1. The fourth-order valence-corrected chi connectivity index (χ4v) is 5.31. The quantitative estimate of drug-likeness (QED) is 0.851. The van der Waals surface area contributed by atoms with Crippen molar-refractivity contribution in [3.05, 3.63) is 35.9 Å². The standard InChI is InChI=1S/C20H22N2O2/c1-12(23)22-9-6-13-10-15(3-5-18(13)22)21-19(24)16-11-14-2-4-17(16)20(14)7-8-20/h2-5,10,14,16-17H,6-9,11H2,1H3,(H,21,24)/t14-,16+,17-/m1/s1. The molecule has 2 amide bonds. The molecule has 1 spiro atoms. The maximum absolute atomic E-state index is 12.8. The van der Waals surface area contributed by atoms with Crippen molar-refractivity contribution in [3.63, 3.8) is 0 Å². The number of rotatable bonds is 2. The molecule has 3 aliphatic carbocycles. The zero-order valence-electron chi connectivity index (χ0n) is 13.9. The summed E-state index contributed by atoms with van der Waals surface area (Å²) in [5.74, 6) is 1.45. The third-order valence-corrected chi connectivity index (χ3v) is 6.68. The van der Waals surface area contributed by atoms with Crippen LogP contribution in [0.1, 0.15) is 31.7 Å². The summed E-state index contributed by atoms with van der Waals surface area (Å²) in [5, 5.41) is 3.13. The van der Waals surface area contributed by atoms with Crippen molar-refractivity contribution in [2.75, 3.05) is 16.8 Å². The summed E-state index contributed by atoms with van der Waals surface area (Å²) in [5.41, 5.74) is 3.44. The van der Waals surface area contributed by atoms with Crippen LogP contribution in [0, 0.1) is 23.2 Å². The Bertz CT molecular complexity index is 778. The number of carbonyl (C=O) groups is 2. The van der Waals surface area contributed by atoms with Gasteiger partial charge >= 0.3 is 0 Å². The minimum atomic E-state index is 0.0778. The molecule has 0 aromatic heterocycles. The highest BCUT2D eigenvalue weighted by Crippen LogP contribution is 2.70. The number of hydrogen-bond donors (Lipinski definition) is 1. The molecule has 4 nitrogen and oxygen atoms in total. The number of allylic oxidation sites excluding steroid dienone is 2. The number of nitrogens with one attached hydrogen (secondary N) is 1. The summed E-state index contributed by atoms with van der Waals surface area (Å²) >= 11 is 0. The van der Waals surface area contributed by atoms with E-state index in [4.69, 9.17) is 0 Å². The fraction of sp³-hybridized carbons (Fsp3) is 0.500. The van der Waals surface area contributed by atoms with Gasteiger partial charge in [-0.3, -0.25) is 9.59 Å². The minimum absolute atomic E-state index is 0.0778. The fourth-order valence-electron chi connectivity index (χ4n) is 5.31. The molecule has 1 heterocycles. The van der Waals surface area contributed by atoms with Crippen LogP contribution in [0.15, 0.2) is 30.4 Å². The van der Waals surface area contributed by atoms with Gasteiger partial charge in [-0.15, -0.1) is 0 Å². The number of anilines is 2. The van der Waals surface area contributed by atoms with Crippen molar-refractivity contribution in [1.29, 1.82) is 0 Å². The van der Waals surface area contributed by atoms with E-state index in [9.17, 15) is 9.59 Å². The van der Waals surface area contributed by atoms with Crippen LogP contribution in [0.5, 0.6) is 0 Å². The highest BCUT2D eigenvalue weighted by molar-refractivity contribution is 5.96. The predicted molar refractivity (Wildman–Crippen MR) is 92.7 cm³/mol. The predicted octanol–water partition coefficient (Wildman–Crippen LogP) is 3.14. The third-order valence-electron chi connectivity index (χ3n) is 6.68. The van der Waals surface area contributed by atoms with Gasteiger partial charge in [0, 0.05) is 30.8 Å². The molecule has 1 aliphatic heterocycles. The third kappa shape index (κ3) is 1.86. The lowest BCUT2D eigenvalue weighted by atomic mass is 9.88. The number of carbonyl (C=O) groups excluding carboxylic acids is 2. The van der Waals surface area contributed by atoms with Crippen molar-refractivity contribution in [2.24, 2.45) is 23.2 Å². The molecular weight excluding hydrogens is 300 g/mol. The van der Waals surface area contributed by atoms with Gasteiger partial charge in [-0.25, -0.2) is 0 Å². The van der Waals surface area contributed by atoms with Crippen LogP contribution in [0.2, 0.25) is 0 Å². The first kappa shape index (κ1) is 14.3. The van der Waals surface area contributed by atoms with E-state index in [1.54, 1.807) is 11.8 Å². The average Bonchev–Trinajstić information content (AvgIpc) is 3.02. The SMILES string of the molecule is CC(=O)N1CCc2cc(NC(=O)[C@H]3C[C@H]4C=C[C@H]3C43CC3)ccc21. The van der Waals surface area contributed by atoms with Crippen molar-refractivity contribution in [1.82, 2.24) is 0 Å². The highest BCUT2D eigenvalue weighted by Gasteiger charge is 2.64. The summed E-state index contributed by atoms with van der Waals surface area (Å²) in [6.07, 6.45) is 9.08. The maximum Gasteiger partial charge on any atom is 0.228 e. The van der Waals surface area contributed by atoms with Gasteiger partial charge in [0.1, 0.15) is 0 Å². The van der Waals surface area contributed by atoms with Crippen molar-refractivity contribution >= 4 is 23.2 Å². The molecule has 5 rings (SSSR count). The van der Waals surface area contributed by atoms with Crippen LogP contribution in [-0.2, 0) is 16.0 Å². The first-order chi connectivity index (χ1) is 11.6. The molecule has 0 unspecified atom stereocenters. The molecule has 3 atom stereocenters. The van der Waals surface area contributed by atoms with Gasteiger partial charge in [0.05, 0.1) is 0 Å². The Morgan fingerprint density at radius 1 is 1.25 bits per heavy atom. The van der Waals surface area contributed by atoms with Crippen LogP contribution in [-0.4, -0.2) is 18.4 Å². The van der Waals surface area contributed by atoms with E-state index in [0.29, 0.717) is 17.3 Å². The number of amides is 2. The second kappa shape index (κ2) is 4.71. The lowest BCUT2D eigenvalue weighted by molar-refractivity contribution is -0.120. The van der Waals surface area contributed by atoms with Gasteiger partial charge in [-0.05, 0) is 66.7 Å². The largest absolute Gasteiger partial charge is 0.326 e. The Morgan fingerprint density at radius 2 is 2.08 bits per heavy atom. The van der Waals surface area contributed by atoms with Gasteiger partial charge in [-0.2, -0.15) is 0 Å². The molecule has 1 N–H and O–H groups in total. The summed E-state index contributed by atoms with van der Waals surface area (Å²) in [4.78, 5) is 26.2. The van der Waals surface area contributed by atoms with Crippen LogP contribution in [0.3, 0.4) is 0 Å². The zero-order chi connectivity index (χ0) is 16.5. The van der Waals surface area contributed by atoms with Crippen LogP contribution in [0.4, 0.5) is 11.4 Å². The van der Waals surface area contributed by atoms with Crippen molar-refractivity contribution < 1.29 is 9.59 Å². The monoisotopic (exact) mass is 322 g/mol. The normalized spacial score (nSPS) is 30.7. The van der Waals surface area contributed by atoms with Crippen molar-refractivity contribution in [2.45, 2.75) is 32.6 Å². The van der Waals surface area contributed by atoms with E-state index in [0.717, 1.165) is 36.3 Å². The van der Waals surface area contributed by atoms with E-state index >= 15 is 0 Å². The molecule has 4 heteroatoms. The van der Waals surface area contributed by atoms with Gasteiger partial charge in [-0.1, -0.05) is 12.2 Å². The zero-order valence-corrected chi connectivity index (χ0v) is 13.9. The molecule has 0 saturated heterocycles. The van der Waals surface area contributed by atoms with E-state index in [2.05, 4.69) is 17.5 Å². The van der Waals surface area contributed by atoms with Crippen molar-refractivity contribution in [3.8, 4) is 0 Å². The molecule has 4 aliphatic rings. The summed E-state index contributed by atoms with van der Waals surface area (Å²) < 4.78 is 0. The number of hydrogen-bond acceptors (Lipinski definition) is 2. The Labute approximate surface area is 141 Å². The Hall–Kier alpha value is -2.10. The van der Waals surface area contributed by atoms with E-state index in [1.165, 1.54) is 12.8 Å².